The maximum absolute atomic E-state index is 11.6. The van der Waals surface area contributed by atoms with Crippen molar-refractivity contribution in [3.8, 4) is 0 Å². The zero-order valence-corrected chi connectivity index (χ0v) is 29.1. The van der Waals surface area contributed by atoms with Crippen LogP contribution in [0.2, 0.25) is 0 Å². The van der Waals surface area contributed by atoms with Crippen molar-refractivity contribution < 1.29 is 124 Å². The third-order valence-corrected chi connectivity index (χ3v) is 10.2. The van der Waals surface area contributed by atoms with E-state index in [4.69, 9.17) is 42.6 Å². The first-order valence-corrected chi connectivity index (χ1v) is 17.3. The van der Waals surface area contributed by atoms with Crippen LogP contribution in [0.4, 0.5) is 0 Å². The van der Waals surface area contributed by atoms with Gasteiger partial charge in [-0.05, 0) is 13.8 Å². The van der Waals surface area contributed by atoms with Gasteiger partial charge in [-0.15, -0.1) is 0 Å². The van der Waals surface area contributed by atoms with Crippen molar-refractivity contribution in [2.24, 2.45) is 0 Å². The molecule has 55 heavy (non-hydrogen) atoms. The van der Waals surface area contributed by atoms with E-state index >= 15 is 0 Å². The molecule has 5 rings (SSSR count). The summed E-state index contributed by atoms with van der Waals surface area (Å²) in [5.41, 5.74) is 0. The Kier molecular flexibility index (Phi) is 14.8. The molecule has 5 aliphatic rings. The van der Waals surface area contributed by atoms with E-state index in [1.807, 2.05) is 0 Å². The summed E-state index contributed by atoms with van der Waals surface area (Å²) in [6.45, 7) is 0.833. The average Bonchev–Trinajstić information content (AvgIpc) is 3.14. The van der Waals surface area contributed by atoms with Gasteiger partial charge in [-0.3, -0.25) is 0 Å². The molecule has 25 atom stereocenters. The fourth-order valence-corrected chi connectivity index (χ4v) is 6.87. The second-order valence-electron chi connectivity index (χ2n) is 14.0. The van der Waals surface area contributed by atoms with Gasteiger partial charge in [0.15, 0.2) is 37.6 Å². The summed E-state index contributed by atoms with van der Waals surface area (Å²) in [6.07, 6.45) is -46.2. The molecule has 0 bridgehead atoms. The second kappa shape index (κ2) is 18.2. The van der Waals surface area contributed by atoms with Gasteiger partial charge in [0.25, 0.3) is 0 Å². The van der Waals surface area contributed by atoms with Gasteiger partial charge in [-0.25, -0.2) is 4.79 Å². The summed E-state index contributed by atoms with van der Waals surface area (Å²) in [5, 5.41) is 156. The molecule has 5 aliphatic heterocycles. The van der Waals surface area contributed by atoms with Crippen LogP contribution in [0, 0.1) is 0 Å². The van der Waals surface area contributed by atoms with E-state index in [2.05, 4.69) is 0 Å². The number of carbonyl (C=O) groups is 1. The monoisotopic (exact) mass is 810 g/mol. The van der Waals surface area contributed by atoms with Gasteiger partial charge in [-0.2, -0.15) is 0 Å². The molecular weight excluding hydrogens is 760 g/mol. The third-order valence-electron chi connectivity index (χ3n) is 10.2. The molecule has 0 aromatic carbocycles. The Hall–Kier alpha value is -1.45. The molecular formula is C30H50O25. The molecule has 5 saturated heterocycles. The summed E-state index contributed by atoms with van der Waals surface area (Å²) in [6, 6.07) is 0. The molecule has 320 valence electrons. The lowest BCUT2D eigenvalue weighted by Gasteiger charge is -2.49. The van der Waals surface area contributed by atoms with E-state index in [9.17, 15) is 81.4 Å². The Morgan fingerprint density at radius 1 is 0.436 bits per heavy atom. The predicted molar refractivity (Wildman–Crippen MR) is 164 cm³/mol. The Labute approximate surface area is 310 Å². The van der Waals surface area contributed by atoms with Crippen LogP contribution in [0.15, 0.2) is 0 Å². The van der Waals surface area contributed by atoms with E-state index in [0.717, 1.165) is 0 Å². The number of aliphatic carboxylic acids is 1. The van der Waals surface area contributed by atoms with Crippen molar-refractivity contribution in [1.29, 1.82) is 0 Å². The molecule has 5 fully saturated rings. The van der Waals surface area contributed by atoms with Crippen LogP contribution in [-0.4, -0.2) is 249 Å². The largest absolute Gasteiger partial charge is 0.479 e. The molecule has 25 heteroatoms. The van der Waals surface area contributed by atoms with Gasteiger partial charge in [0.05, 0.1) is 25.4 Å². The standard InChI is InChI=1S/C30H50O25/c1-5-9(33)13(37)24(55-27-17(41)12(36)14(38)23(54-27)25(44)45)30(48-5)53-21-10(34)6(2)47-28(18(21)42)52-22-11(35)7(3-31)50-29(19(22)43)51-20-8(4-32)49-26(46)16(40)15(20)39/h5-24,26-43,46H,3-4H2,1-2H3,(H,44,45). The Morgan fingerprint density at radius 2 is 0.909 bits per heavy atom. The van der Waals surface area contributed by atoms with Gasteiger partial charge >= 0.3 is 5.97 Å². The number of carboxylic acid groups (broad SMARTS) is 1. The third kappa shape index (κ3) is 8.94. The molecule has 25 unspecified atom stereocenters. The fourth-order valence-electron chi connectivity index (χ4n) is 6.87. The number of aliphatic hydroxyl groups is 14. The smallest absolute Gasteiger partial charge is 0.335 e. The van der Waals surface area contributed by atoms with Crippen LogP contribution in [0.25, 0.3) is 0 Å². The fraction of sp³-hybridized carbons (Fsp3) is 0.967. The van der Waals surface area contributed by atoms with Gasteiger partial charge in [0, 0.05) is 0 Å². The highest BCUT2D eigenvalue weighted by molar-refractivity contribution is 5.73. The van der Waals surface area contributed by atoms with Crippen LogP contribution < -0.4 is 0 Å². The average molecular weight is 811 g/mol. The van der Waals surface area contributed by atoms with Crippen molar-refractivity contribution in [1.82, 2.24) is 0 Å². The molecule has 0 aromatic rings. The molecule has 0 radical (unpaired) electrons. The highest BCUT2D eigenvalue weighted by Gasteiger charge is 2.56. The lowest BCUT2D eigenvalue weighted by molar-refractivity contribution is -0.395. The predicted octanol–water partition coefficient (Wildman–Crippen LogP) is -9.78. The Bertz CT molecular complexity index is 1250. The summed E-state index contributed by atoms with van der Waals surface area (Å²) in [5.74, 6) is -1.75. The second-order valence-corrected chi connectivity index (χ2v) is 14.0. The normalized spacial score (nSPS) is 53.9. The van der Waals surface area contributed by atoms with Crippen molar-refractivity contribution >= 4 is 5.97 Å². The van der Waals surface area contributed by atoms with Crippen LogP contribution >= 0.6 is 0 Å². The highest BCUT2D eigenvalue weighted by Crippen LogP contribution is 2.36. The molecule has 0 aliphatic carbocycles. The number of ether oxygens (including phenoxy) is 9. The van der Waals surface area contributed by atoms with E-state index in [1.165, 1.54) is 13.8 Å². The molecule has 0 aromatic heterocycles. The van der Waals surface area contributed by atoms with Crippen molar-refractivity contribution in [2.45, 2.75) is 167 Å². The highest BCUT2D eigenvalue weighted by atomic mass is 16.8. The van der Waals surface area contributed by atoms with Crippen LogP contribution in [0.1, 0.15) is 13.8 Å². The van der Waals surface area contributed by atoms with Gasteiger partial charge in [-0.1, -0.05) is 0 Å². The minimum atomic E-state index is -2.12. The number of rotatable bonds is 11. The summed E-state index contributed by atoms with van der Waals surface area (Å²) >= 11 is 0. The quantitative estimate of drug-likeness (QED) is 0.0921. The van der Waals surface area contributed by atoms with E-state index in [1.54, 1.807) is 0 Å². The van der Waals surface area contributed by atoms with Gasteiger partial charge < -0.3 is 119 Å². The van der Waals surface area contributed by atoms with Crippen molar-refractivity contribution in [3.05, 3.63) is 0 Å². The minimum absolute atomic E-state index is 0.850. The molecule has 0 spiro atoms. The minimum Gasteiger partial charge on any atom is -0.479 e. The summed E-state index contributed by atoms with van der Waals surface area (Å²) in [4.78, 5) is 11.6. The topological polar surface area (TPSA) is 404 Å². The van der Waals surface area contributed by atoms with Gasteiger partial charge in [0.1, 0.15) is 104 Å². The molecule has 5 heterocycles. The van der Waals surface area contributed by atoms with Crippen molar-refractivity contribution in [2.75, 3.05) is 13.2 Å². The van der Waals surface area contributed by atoms with E-state index < -0.39 is 173 Å². The van der Waals surface area contributed by atoms with Crippen molar-refractivity contribution in [3.63, 3.8) is 0 Å². The molecule has 0 saturated carbocycles. The summed E-state index contributed by atoms with van der Waals surface area (Å²) < 4.78 is 49.6. The lowest BCUT2D eigenvalue weighted by Crippen LogP contribution is -2.67. The first-order valence-electron chi connectivity index (χ1n) is 17.3. The van der Waals surface area contributed by atoms with Gasteiger partial charge in [0.2, 0.25) is 0 Å². The zero-order valence-electron chi connectivity index (χ0n) is 29.1. The van der Waals surface area contributed by atoms with Crippen LogP contribution in [0.3, 0.4) is 0 Å². The van der Waals surface area contributed by atoms with E-state index in [-0.39, 0.29) is 0 Å². The number of hydrogen-bond donors (Lipinski definition) is 15. The van der Waals surface area contributed by atoms with Crippen LogP contribution in [-0.2, 0) is 47.4 Å². The molecule has 0 amide bonds. The number of hydrogen-bond acceptors (Lipinski definition) is 24. The lowest BCUT2D eigenvalue weighted by atomic mass is 9.95. The molecule has 25 nitrogen and oxygen atoms in total. The van der Waals surface area contributed by atoms with E-state index in [0.29, 0.717) is 0 Å². The number of aliphatic hydroxyl groups excluding tert-OH is 14. The zero-order chi connectivity index (χ0) is 40.8. The molecule has 15 N–H and O–H groups in total. The first kappa shape index (κ1) is 44.6. The SMILES string of the molecule is CC1OC(OC2C(O)C(C)OC(OC3C(O)C(CO)OC(OC4C(CO)OC(O)C(O)C4O)C3O)C2O)C(OC2OC(C(=O)O)C(O)C(O)C2O)C(O)C1O. The first-order chi connectivity index (χ1) is 25.8. The Balaban J connectivity index is 1.34. The maximum atomic E-state index is 11.6. The Morgan fingerprint density at radius 3 is 1.51 bits per heavy atom. The summed E-state index contributed by atoms with van der Waals surface area (Å²) in [7, 11) is 0. The van der Waals surface area contributed by atoms with Crippen LogP contribution in [0.5, 0.6) is 0 Å². The number of carboxylic acids is 1. The maximum Gasteiger partial charge on any atom is 0.335 e.